The predicted molar refractivity (Wildman–Crippen MR) is 85.5 cm³/mol. The first-order chi connectivity index (χ1) is 10.3. The van der Waals surface area contributed by atoms with Gasteiger partial charge in [0.15, 0.2) is 0 Å². The minimum Gasteiger partial charge on any atom is -0.311 e. The first kappa shape index (κ1) is 14.5. The maximum absolute atomic E-state index is 4.59. The molecule has 5 nitrogen and oxygen atoms in total. The van der Waals surface area contributed by atoms with Gasteiger partial charge in [-0.2, -0.15) is 0 Å². The van der Waals surface area contributed by atoms with Crippen LogP contribution in [-0.2, 0) is 6.54 Å². The Morgan fingerprint density at radius 1 is 1.19 bits per heavy atom. The van der Waals surface area contributed by atoms with Crippen molar-refractivity contribution in [1.82, 2.24) is 24.5 Å². The molecule has 0 atom stereocenters. The Labute approximate surface area is 126 Å². The molecule has 0 bridgehead atoms. The molecule has 0 amide bonds. The average Bonchev–Trinajstić information content (AvgIpc) is 2.91. The van der Waals surface area contributed by atoms with Gasteiger partial charge in [-0.1, -0.05) is 6.07 Å². The third kappa shape index (κ3) is 4.03. The Balaban J connectivity index is 1.34. The van der Waals surface area contributed by atoms with Crippen LogP contribution in [-0.4, -0.2) is 65.5 Å². The topological polar surface area (TPSA) is 35.8 Å². The lowest BCUT2D eigenvalue weighted by Gasteiger charge is -2.32. The van der Waals surface area contributed by atoms with Crippen molar-refractivity contribution in [1.29, 1.82) is 0 Å². The number of piperazine rings is 1. The quantitative estimate of drug-likeness (QED) is 0.806. The van der Waals surface area contributed by atoms with Crippen molar-refractivity contribution < 1.29 is 0 Å². The summed E-state index contributed by atoms with van der Waals surface area (Å²) in [6.07, 6.45) is 5.35. The van der Waals surface area contributed by atoms with Gasteiger partial charge in [-0.3, -0.25) is 0 Å². The molecule has 1 saturated heterocycles. The van der Waals surface area contributed by atoms with Crippen LogP contribution in [0.3, 0.4) is 0 Å². The van der Waals surface area contributed by atoms with E-state index in [0.29, 0.717) is 0 Å². The maximum atomic E-state index is 4.59. The highest BCUT2D eigenvalue weighted by Gasteiger charge is 2.12. The van der Waals surface area contributed by atoms with E-state index in [1.807, 2.05) is 24.4 Å². The molecule has 21 heavy (non-hydrogen) atoms. The zero-order chi connectivity index (χ0) is 14.5. The monoisotopic (exact) mass is 287 g/mol. The van der Waals surface area contributed by atoms with E-state index >= 15 is 0 Å². The Morgan fingerprint density at radius 3 is 2.86 bits per heavy atom. The fraction of sp³-hybridized carbons (Fsp3) is 0.562. The first-order valence-electron chi connectivity index (χ1n) is 7.85. The first-order valence-corrected chi connectivity index (χ1v) is 7.85. The van der Waals surface area contributed by atoms with Crippen molar-refractivity contribution in [3.8, 4) is 0 Å². The van der Waals surface area contributed by atoms with E-state index < -0.39 is 0 Å². The van der Waals surface area contributed by atoms with Crippen LogP contribution < -0.4 is 5.32 Å². The maximum Gasteiger partial charge on any atom is 0.137 e. The van der Waals surface area contributed by atoms with Crippen molar-refractivity contribution >= 4 is 5.65 Å². The van der Waals surface area contributed by atoms with Gasteiger partial charge in [0.2, 0.25) is 0 Å². The highest BCUT2D eigenvalue weighted by Crippen LogP contribution is 2.04. The van der Waals surface area contributed by atoms with Crippen LogP contribution in [0.4, 0.5) is 0 Å². The molecule has 0 radical (unpaired) electrons. The van der Waals surface area contributed by atoms with Crippen molar-refractivity contribution in [2.45, 2.75) is 13.0 Å². The lowest BCUT2D eigenvalue weighted by molar-refractivity contribution is 0.152. The van der Waals surface area contributed by atoms with Gasteiger partial charge < -0.3 is 19.5 Å². The Hall–Kier alpha value is -1.43. The van der Waals surface area contributed by atoms with Crippen LogP contribution in [0.25, 0.3) is 5.65 Å². The average molecular weight is 287 g/mol. The third-order valence-corrected chi connectivity index (χ3v) is 4.14. The molecular formula is C16H25N5. The SMILES string of the molecule is CN1CCN(CCCNCc2cn3ccccc3n2)CC1. The molecule has 3 heterocycles. The van der Waals surface area contributed by atoms with Gasteiger partial charge in [0.05, 0.1) is 5.69 Å². The molecule has 1 aliphatic rings. The minimum atomic E-state index is 0.852. The van der Waals surface area contributed by atoms with Crippen LogP contribution >= 0.6 is 0 Å². The van der Waals surface area contributed by atoms with Crippen molar-refractivity contribution in [3.05, 3.63) is 36.3 Å². The zero-order valence-electron chi connectivity index (χ0n) is 12.8. The number of nitrogens with one attached hydrogen (secondary N) is 1. The van der Waals surface area contributed by atoms with Crippen LogP contribution in [0.15, 0.2) is 30.6 Å². The lowest BCUT2D eigenvalue weighted by atomic mass is 10.3. The van der Waals surface area contributed by atoms with Crippen LogP contribution in [0.2, 0.25) is 0 Å². The van der Waals surface area contributed by atoms with Gasteiger partial charge in [0, 0.05) is 45.1 Å². The molecule has 1 aliphatic heterocycles. The second kappa shape index (κ2) is 7.02. The summed E-state index contributed by atoms with van der Waals surface area (Å²) in [6.45, 7) is 7.94. The normalized spacial score (nSPS) is 17.6. The summed E-state index contributed by atoms with van der Waals surface area (Å²) < 4.78 is 2.07. The number of pyridine rings is 1. The number of nitrogens with zero attached hydrogens (tertiary/aromatic N) is 4. The number of aromatic nitrogens is 2. The van der Waals surface area contributed by atoms with Crippen molar-refractivity contribution in [2.75, 3.05) is 46.3 Å². The van der Waals surface area contributed by atoms with E-state index in [1.165, 1.54) is 39.1 Å². The Bertz CT molecular complexity index is 524. The molecular weight excluding hydrogens is 262 g/mol. The van der Waals surface area contributed by atoms with Gasteiger partial charge >= 0.3 is 0 Å². The number of hydrogen-bond acceptors (Lipinski definition) is 4. The van der Waals surface area contributed by atoms with Gasteiger partial charge in [-0.05, 0) is 38.7 Å². The Kier molecular flexibility index (Phi) is 4.85. The molecule has 0 unspecified atom stereocenters. The van der Waals surface area contributed by atoms with Crippen LogP contribution in [0.1, 0.15) is 12.1 Å². The molecule has 0 aromatic carbocycles. The molecule has 0 spiro atoms. The van der Waals surface area contributed by atoms with Crippen molar-refractivity contribution in [2.24, 2.45) is 0 Å². The Morgan fingerprint density at radius 2 is 2.05 bits per heavy atom. The fourth-order valence-corrected chi connectivity index (χ4v) is 2.79. The van der Waals surface area contributed by atoms with Gasteiger partial charge in [-0.25, -0.2) is 4.98 Å². The molecule has 0 saturated carbocycles. The third-order valence-electron chi connectivity index (χ3n) is 4.14. The molecule has 5 heteroatoms. The fourth-order valence-electron chi connectivity index (χ4n) is 2.79. The highest BCUT2D eigenvalue weighted by atomic mass is 15.2. The summed E-state index contributed by atoms with van der Waals surface area (Å²) in [6, 6.07) is 6.09. The summed E-state index contributed by atoms with van der Waals surface area (Å²) in [7, 11) is 2.20. The second-order valence-corrected chi connectivity index (χ2v) is 5.87. The second-order valence-electron chi connectivity index (χ2n) is 5.87. The molecule has 2 aromatic heterocycles. The van der Waals surface area contributed by atoms with E-state index in [0.717, 1.165) is 24.4 Å². The van der Waals surface area contributed by atoms with E-state index in [1.54, 1.807) is 0 Å². The summed E-state index contributed by atoms with van der Waals surface area (Å²) in [4.78, 5) is 9.56. The van der Waals surface area contributed by atoms with E-state index in [9.17, 15) is 0 Å². The molecule has 0 aliphatic carbocycles. The number of likely N-dealkylation sites (N-methyl/N-ethyl adjacent to an activating group) is 1. The zero-order valence-corrected chi connectivity index (χ0v) is 12.8. The standard InChI is InChI=1S/C16H25N5/c1-19-9-11-20(12-10-19)7-4-6-17-13-15-14-21-8-3-2-5-16(21)18-15/h2-3,5,8,14,17H,4,6-7,9-13H2,1H3. The predicted octanol–water partition coefficient (Wildman–Crippen LogP) is 1.06. The summed E-state index contributed by atoms with van der Waals surface area (Å²) >= 11 is 0. The molecule has 1 fully saturated rings. The largest absolute Gasteiger partial charge is 0.311 e. The van der Waals surface area contributed by atoms with Gasteiger partial charge in [-0.15, -0.1) is 0 Å². The number of imidazole rings is 1. The minimum absolute atomic E-state index is 0.852. The summed E-state index contributed by atoms with van der Waals surface area (Å²) in [5.41, 5.74) is 2.13. The summed E-state index contributed by atoms with van der Waals surface area (Å²) in [5.74, 6) is 0. The molecule has 3 rings (SSSR count). The van der Waals surface area contributed by atoms with Gasteiger partial charge in [0.25, 0.3) is 0 Å². The van der Waals surface area contributed by atoms with E-state index in [-0.39, 0.29) is 0 Å². The number of rotatable bonds is 6. The number of fused-ring (bicyclic) bond motifs is 1. The molecule has 2 aromatic rings. The summed E-state index contributed by atoms with van der Waals surface area (Å²) in [5, 5.41) is 3.50. The van der Waals surface area contributed by atoms with E-state index in [2.05, 4.69) is 37.7 Å². The highest BCUT2D eigenvalue weighted by molar-refractivity contribution is 5.39. The van der Waals surface area contributed by atoms with Crippen LogP contribution in [0.5, 0.6) is 0 Å². The van der Waals surface area contributed by atoms with Gasteiger partial charge in [0.1, 0.15) is 5.65 Å². The smallest absolute Gasteiger partial charge is 0.137 e. The van der Waals surface area contributed by atoms with E-state index in [4.69, 9.17) is 0 Å². The lowest BCUT2D eigenvalue weighted by Crippen LogP contribution is -2.45. The molecule has 114 valence electrons. The number of hydrogen-bond donors (Lipinski definition) is 1. The molecule has 1 N–H and O–H groups in total. The van der Waals surface area contributed by atoms with Crippen molar-refractivity contribution in [3.63, 3.8) is 0 Å². The van der Waals surface area contributed by atoms with Crippen LogP contribution in [0, 0.1) is 0 Å².